The molecule has 0 aliphatic heterocycles. The van der Waals surface area contributed by atoms with E-state index in [1.807, 2.05) is 0 Å². The highest BCUT2D eigenvalue weighted by Gasteiger charge is 2.34. The van der Waals surface area contributed by atoms with Crippen molar-refractivity contribution in [3.63, 3.8) is 0 Å². The molecule has 1 aromatic rings. The van der Waals surface area contributed by atoms with Crippen molar-refractivity contribution in [3.8, 4) is 5.75 Å². The predicted octanol–water partition coefficient (Wildman–Crippen LogP) is 2.60. The van der Waals surface area contributed by atoms with Crippen molar-refractivity contribution in [2.45, 2.75) is 32.5 Å². The Balaban J connectivity index is 3.12. The van der Waals surface area contributed by atoms with Crippen molar-refractivity contribution in [1.82, 2.24) is 5.09 Å². The van der Waals surface area contributed by atoms with Crippen molar-refractivity contribution in [1.29, 1.82) is 0 Å². The minimum atomic E-state index is -3.47. The molecular formula is C15H22NO6P. The first-order valence-electron chi connectivity index (χ1n) is 7.07. The summed E-state index contributed by atoms with van der Waals surface area (Å²) >= 11 is 0. The van der Waals surface area contributed by atoms with Gasteiger partial charge in [-0.1, -0.05) is 26.0 Å². The number of rotatable bonds is 7. The molecule has 1 unspecified atom stereocenters. The van der Waals surface area contributed by atoms with Gasteiger partial charge in [-0.3, -0.25) is 9.36 Å². The first-order valence-corrected chi connectivity index (χ1v) is 8.76. The standard InChI is InChI=1S/C15H22NO6P/c1-10(2)23(19,16-11(3)14(17)20-4)22-13-9-7-6-8-12(13)15(18)21-5/h6-11H,1-5H3,(H,16,19)/t11-,23?/m1/s1. The second-order valence-corrected chi connectivity index (χ2v) is 7.81. The second-order valence-electron chi connectivity index (χ2n) is 5.14. The highest BCUT2D eigenvalue weighted by Crippen LogP contribution is 2.49. The molecule has 0 bridgehead atoms. The van der Waals surface area contributed by atoms with Crippen LogP contribution in [0.3, 0.4) is 0 Å². The summed E-state index contributed by atoms with van der Waals surface area (Å²) < 4.78 is 28.0. The number of carbonyl (C=O) groups excluding carboxylic acids is 2. The molecule has 0 aromatic heterocycles. The highest BCUT2D eigenvalue weighted by molar-refractivity contribution is 7.58. The largest absolute Gasteiger partial charge is 0.468 e. The SMILES string of the molecule is COC(=O)c1ccccc1OP(=O)(N[C@H](C)C(=O)OC)C(C)C. The lowest BCUT2D eigenvalue weighted by molar-refractivity contribution is -0.142. The van der Waals surface area contributed by atoms with E-state index < -0.39 is 31.2 Å². The molecule has 128 valence electrons. The fourth-order valence-electron chi connectivity index (χ4n) is 1.75. The van der Waals surface area contributed by atoms with Gasteiger partial charge in [-0.2, -0.15) is 0 Å². The molecule has 0 fully saturated rings. The molecule has 0 heterocycles. The third kappa shape index (κ3) is 4.81. The van der Waals surface area contributed by atoms with Crippen molar-refractivity contribution in [2.24, 2.45) is 0 Å². The van der Waals surface area contributed by atoms with E-state index in [-0.39, 0.29) is 11.3 Å². The summed E-state index contributed by atoms with van der Waals surface area (Å²) in [6, 6.07) is 5.50. The molecule has 0 aliphatic carbocycles. The van der Waals surface area contributed by atoms with Gasteiger partial charge in [-0.25, -0.2) is 9.88 Å². The van der Waals surface area contributed by atoms with E-state index >= 15 is 0 Å². The van der Waals surface area contributed by atoms with Gasteiger partial charge in [0.05, 0.1) is 19.9 Å². The maximum absolute atomic E-state index is 13.1. The van der Waals surface area contributed by atoms with E-state index in [0.29, 0.717) is 0 Å². The van der Waals surface area contributed by atoms with Crippen LogP contribution in [0.25, 0.3) is 0 Å². The Kier molecular flexibility index (Phi) is 6.79. The van der Waals surface area contributed by atoms with Crippen LogP contribution in [0, 0.1) is 0 Å². The summed E-state index contributed by atoms with van der Waals surface area (Å²) in [6.45, 7) is 4.91. The smallest absolute Gasteiger partial charge is 0.341 e. The van der Waals surface area contributed by atoms with Crippen LogP contribution in [0.5, 0.6) is 5.75 Å². The first kappa shape index (κ1) is 19.2. The van der Waals surface area contributed by atoms with Crippen LogP contribution in [0.2, 0.25) is 0 Å². The number of benzene rings is 1. The van der Waals surface area contributed by atoms with Gasteiger partial charge < -0.3 is 14.0 Å². The van der Waals surface area contributed by atoms with E-state index in [9.17, 15) is 14.2 Å². The van der Waals surface area contributed by atoms with E-state index in [0.717, 1.165) is 0 Å². The summed E-state index contributed by atoms with van der Waals surface area (Å²) in [4.78, 5) is 23.3. The van der Waals surface area contributed by atoms with Crippen molar-refractivity contribution in [2.75, 3.05) is 14.2 Å². The van der Waals surface area contributed by atoms with Gasteiger partial charge in [-0.15, -0.1) is 0 Å². The Morgan fingerprint density at radius 1 is 1.09 bits per heavy atom. The van der Waals surface area contributed by atoms with Crippen LogP contribution >= 0.6 is 7.52 Å². The number of ether oxygens (including phenoxy) is 2. The summed E-state index contributed by atoms with van der Waals surface area (Å²) in [6.07, 6.45) is 0. The molecular weight excluding hydrogens is 321 g/mol. The van der Waals surface area contributed by atoms with E-state index in [1.165, 1.54) is 33.3 Å². The van der Waals surface area contributed by atoms with Gasteiger partial charge in [0.2, 0.25) is 0 Å². The molecule has 7 nitrogen and oxygen atoms in total. The first-order chi connectivity index (χ1) is 10.7. The van der Waals surface area contributed by atoms with Crippen LogP contribution in [0.15, 0.2) is 24.3 Å². The lowest BCUT2D eigenvalue weighted by atomic mass is 10.2. The quantitative estimate of drug-likeness (QED) is 0.601. The lowest BCUT2D eigenvalue weighted by Crippen LogP contribution is -2.36. The van der Waals surface area contributed by atoms with Crippen molar-refractivity contribution in [3.05, 3.63) is 29.8 Å². The van der Waals surface area contributed by atoms with Crippen molar-refractivity contribution >= 4 is 19.5 Å². The minimum absolute atomic E-state index is 0.126. The topological polar surface area (TPSA) is 90.9 Å². The number of methoxy groups -OCH3 is 2. The monoisotopic (exact) mass is 343 g/mol. The molecule has 0 radical (unpaired) electrons. The van der Waals surface area contributed by atoms with Gasteiger partial charge in [0.25, 0.3) is 0 Å². The maximum atomic E-state index is 13.1. The Bertz CT molecular complexity index is 616. The number of esters is 2. The fourth-order valence-corrected chi connectivity index (χ4v) is 3.41. The molecule has 8 heteroatoms. The molecule has 1 N–H and O–H groups in total. The minimum Gasteiger partial charge on any atom is -0.468 e. The zero-order valence-electron chi connectivity index (χ0n) is 13.9. The summed E-state index contributed by atoms with van der Waals surface area (Å²) in [7, 11) is -0.979. The summed E-state index contributed by atoms with van der Waals surface area (Å²) in [5, 5.41) is 2.68. The molecule has 1 rings (SSSR count). The Morgan fingerprint density at radius 2 is 1.70 bits per heavy atom. The van der Waals surface area contributed by atoms with E-state index in [4.69, 9.17) is 4.52 Å². The zero-order chi connectivity index (χ0) is 17.6. The normalized spacial score (nSPS) is 14.7. The third-order valence-electron chi connectivity index (χ3n) is 3.13. The number of carbonyl (C=O) groups is 2. The Morgan fingerprint density at radius 3 is 2.22 bits per heavy atom. The van der Waals surface area contributed by atoms with E-state index in [1.54, 1.807) is 26.0 Å². The van der Waals surface area contributed by atoms with Crippen LogP contribution < -0.4 is 9.61 Å². The third-order valence-corrected chi connectivity index (χ3v) is 5.71. The molecule has 0 saturated heterocycles. The molecule has 0 saturated carbocycles. The number of hydrogen-bond donors (Lipinski definition) is 1. The second kappa shape index (κ2) is 8.13. The predicted molar refractivity (Wildman–Crippen MR) is 85.8 cm³/mol. The summed E-state index contributed by atoms with van der Waals surface area (Å²) in [5.74, 6) is -1.03. The Hall–Kier alpha value is -1.85. The fraction of sp³-hybridized carbons (Fsp3) is 0.467. The molecule has 0 spiro atoms. The number of hydrogen-bond acceptors (Lipinski definition) is 6. The van der Waals surface area contributed by atoms with E-state index in [2.05, 4.69) is 14.6 Å². The van der Waals surface area contributed by atoms with Gasteiger partial charge in [0.15, 0.2) is 0 Å². The van der Waals surface area contributed by atoms with Gasteiger partial charge in [0, 0.05) is 0 Å². The molecule has 0 aliphatic rings. The number of nitrogens with one attached hydrogen (secondary N) is 1. The number of para-hydroxylation sites is 1. The average Bonchev–Trinajstić information content (AvgIpc) is 2.53. The van der Waals surface area contributed by atoms with Crippen LogP contribution in [-0.2, 0) is 18.8 Å². The van der Waals surface area contributed by atoms with Crippen LogP contribution in [-0.4, -0.2) is 37.9 Å². The van der Waals surface area contributed by atoms with Crippen LogP contribution in [0.1, 0.15) is 31.1 Å². The van der Waals surface area contributed by atoms with Gasteiger partial charge >= 0.3 is 19.5 Å². The van der Waals surface area contributed by atoms with Crippen molar-refractivity contribution < 1.29 is 28.2 Å². The summed E-state index contributed by atoms with van der Waals surface area (Å²) in [5.41, 5.74) is -0.274. The highest BCUT2D eigenvalue weighted by atomic mass is 31.2. The molecule has 23 heavy (non-hydrogen) atoms. The lowest BCUT2D eigenvalue weighted by Gasteiger charge is -2.26. The van der Waals surface area contributed by atoms with Gasteiger partial charge in [0.1, 0.15) is 17.4 Å². The van der Waals surface area contributed by atoms with Gasteiger partial charge in [-0.05, 0) is 19.1 Å². The maximum Gasteiger partial charge on any atom is 0.341 e. The Labute approximate surface area is 135 Å². The average molecular weight is 343 g/mol. The molecule has 0 amide bonds. The molecule has 1 aromatic carbocycles. The molecule has 2 atom stereocenters. The zero-order valence-corrected chi connectivity index (χ0v) is 14.8. The van der Waals surface area contributed by atoms with Crippen LogP contribution in [0.4, 0.5) is 0 Å².